The fraction of sp³-hybridized carbons (Fsp3) is 0.400. The predicted molar refractivity (Wildman–Crippen MR) is 107 cm³/mol. The second-order valence-corrected chi connectivity index (χ2v) is 8.32. The SMILES string of the molecule is CC(NCC1(c2ccc(Cl)cc2)CCOCC1)c1nc(-c2cccs2)no1. The minimum absolute atomic E-state index is 0.0215. The average Bonchev–Trinajstić information content (AvgIpc) is 3.39. The fourth-order valence-electron chi connectivity index (χ4n) is 3.49. The number of hydrogen-bond donors (Lipinski definition) is 1. The van der Waals surface area contributed by atoms with Gasteiger partial charge in [-0.2, -0.15) is 4.98 Å². The van der Waals surface area contributed by atoms with Gasteiger partial charge in [-0.05, 0) is 48.9 Å². The summed E-state index contributed by atoms with van der Waals surface area (Å²) in [6.07, 6.45) is 1.94. The number of hydrogen-bond acceptors (Lipinski definition) is 6. The smallest absolute Gasteiger partial charge is 0.243 e. The van der Waals surface area contributed by atoms with Crippen LogP contribution in [0.15, 0.2) is 46.3 Å². The molecule has 3 aromatic rings. The molecule has 0 spiro atoms. The maximum atomic E-state index is 6.08. The van der Waals surface area contributed by atoms with Crippen molar-refractivity contribution in [3.8, 4) is 10.7 Å². The van der Waals surface area contributed by atoms with E-state index in [9.17, 15) is 0 Å². The van der Waals surface area contributed by atoms with Crippen molar-refractivity contribution in [2.24, 2.45) is 0 Å². The van der Waals surface area contributed by atoms with Crippen molar-refractivity contribution >= 4 is 22.9 Å². The minimum atomic E-state index is -0.0294. The monoisotopic (exact) mass is 403 g/mol. The van der Waals surface area contributed by atoms with Gasteiger partial charge in [0.2, 0.25) is 11.7 Å². The zero-order valence-electron chi connectivity index (χ0n) is 15.2. The average molecular weight is 404 g/mol. The Balaban J connectivity index is 1.48. The molecule has 2 aromatic heterocycles. The fourth-order valence-corrected chi connectivity index (χ4v) is 4.26. The molecule has 4 rings (SSSR count). The van der Waals surface area contributed by atoms with Crippen molar-refractivity contribution in [1.82, 2.24) is 15.5 Å². The van der Waals surface area contributed by atoms with Crippen LogP contribution in [-0.4, -0.2) is 29.9 Å². The first-order valence-electron chi connectivity index (χ1n) is 9.11. The highest BCUT2D eigenvalue weighted by molar-refractivity contribution is 7.13. The van der Waals surface area contributed by atoms with Gasteiger partial charge in [-0.1, -0.05) is 35.0 Å². The van der Waals surface area contributed by atoms with Gasteiger partial charge in [0, 0.05) is 30.2 Å². The van der Waals surface area contributed by atoms with Crippen LogP contribution in [0.2, 0.25) is 5.02 Å². The molecule has 0 bridgehead atoms. The number of aromatic nitrogens is 2. The number of thiophene rings is 1. The van der Waals surface area contributed by atoms with Crippen LogP contribution in [0.25, 0.3) is 10.7 Å². The molecule has 0 radical (unpaired) electrons. The molecule has 3 heterocycles. The van der Waals surface area contributed by atoms with E-state index in [0.717, 1.165) is 42.5 Å². The number of benzene rings is 1. The zero-order valence-corrected chi connectivity index (χ0v) is 16.7. The first-order chi connectivity index (χ1) is 13.2. The normalized spacial score (nSPS) is 17.7. The van der Waals surface area contributed by atoms with Crippen LogP contribution in [0.4, 0.5) is 0 Å². The van der Waals surface area contributed by atoms with Crippen molar-refractivity contribution in [3.05, 3.63) is 58.3 Å². The summed E-state index contributed by atoms with van der Waals surface area (Å²) in [5.74, 6) is 1.25. The van der Waals surface area contributed by atoms with E-state index in [2.05, 4.69) is 34.5 Å². The lowest BCUT2D eigenvalue weighted by Gasteiger charge is -2.38. The van der Waals surface area contributed by atoms with Crippen molar-refractivity contribution in [2.45, 2.75) is 31.2 Å². The van der Waals surface area contributed by atoms with Crippen LogP contribution >= 0.6 is 22.9 Å². The zero-order chi connectivity index (χ0) is 18.7. The maximum absolute atomic E-state index is 6.08. The Morgan fingerprint density at radius 1 is 1.22 bits per heavy atom. The topological polar surface area (TPSA) is 60.2 Å². The van der Waals surface area contributed by atoms with Gasteiger partial charge in [-0.15, -0.1) is 11.3 Å². The Bertz CT molecular complexity index is 858. The molecule has 142 valence electrons. The summed E-state index contributed by atoms with van der Waals surface area (Å²) >= 11 is 7.69. The summed E-state index contributed by atoms with van der Waals surface area (Å²) in [7, 11) is 0. The highest BCUT2D eigenvalue weighted by Gasteiger charge is 2.35. The van der Waals surface area contributed by atoms with Crippen LogP contribution in [-0.2, 0) is 10.2 Å². The molecular weight excluding hydrogens is 382 g/mol. The van der Waals surface area contributed by atoms with Crippen LogP contribution < -0.4 is 5.32 Å². The largest absolute Gasteiger partial charge is 0.381 e. The molecule has 7 heteroatoms. The molecule has 1 aliphatic rings. The van der Waals surface area contributed by atoms with E-state index in [1.165, 1.54) is 5.56 Å². The number of rotatable bonds is 6. The standard InChI is InChI=1S/C20H22ClN3O2S/c1-14(19-23-18(24-26-19)17-3-2-12-27-17)22-13-20(8-10-25-11-9-20)15-4-6-16(21)7-5-15/h2-7,12,14,22H,8-11,13H2,1H3. The minimum Gasteiger partial charge on any atom is -0.381 e. The molecule has 1 N–H and O–H groups in total. The lowest BCUT2D eigenvalue weighted by molar-refractivity contribution is 0.0486. The van der Waals surface area contributed by atoms with E-state index in [1.54, 1.807) is 11.3 Å². The van der Waals surface area contributed by atoms with Crippen molar-refractivity contribution in [3.63, 3.8) is 0 Å². The second kappa shape index (κ2) is 8.10. The van der Waals surface area contributed by atoms with Gasteiger partial charge < -0.3 is 14.6 Å². The first-order valence-corrected chi connectivity index (χ1v) is 10.4. The third-order valence-corrected chi connectivity index (χ3v) is 6.32. The highest BCUT2D eigenvalue weighted by atomic mass is 35.5. The number of ether oxygens (including phenoxy) is 1. The number of nitrogens with one attached hydrogen (secondary N) is 1. The Morgan fingerprint density at radius 3 is 2.70 bits per heavy atom. The van der Waals surface area contributed by atoms with E-state index in [0.29, 0.717) is 11.7 Å². The van der Waals surface area contributed by atoms with Crippen LogP contribution in [0.1, 0.15) is 37.3 Å². The summed E-state index contributed by atoms with van der Waals surface area (Å²) in [4.78, 5) is 5.56. The molecule has 1 aliphatic heterocycles. The van der Waals surface area contributed by atoms with E-state index in [-0.39, 0.29) is 11.5 Å². The Labute approximate surface area is 167 Å². The molecule has 1 atom stereocenters. The van der Waals surface area contributed by atoms with E-state index < -0.39 is 0 Å². The molecule has 0 saturated carbocycles. The second-order valence-electron chi connectivity index (χ2n) is 6.94. The Morgan fingerprint density at radius 2 is 2.00 bits per heavy atom. The Hall–Kier alpha value is -1.73. The summed E-state index contributed by atoms with van der Waals surface area (Å²) in [6, 6.07) is 12.1. The van der Waals surface area contributed by atoms with Gasteiger partial charge in [0.1, 0.15) is 0 Å². The van der Waals surface area contributed by atoms with Crippen LogP contribution in [0.3, 0.4) is 0 Å². The van der Waals surface area contributed by atoms with Gasteiger partial charge in [-0.25, -0.2) is 0 Å². The molecule has 27 heavy (non-hydrogen) atoms. The summed E-state index contributed by atoms with van der Waals surface area (Å²) in [5.41, 5.74) is 1.31. The quantitative estimate of drug-likeness (QED) is 0.637. The van der Waals surface area contributed by atoms with E-state index in [1.807, 2.05) is 29.6 Å². The molecule has 1 fully saturated rings. The van der Waals surface area contributed by atoms with Crippen LogP contribution in [0.5, 0.6) is 0 Å². The van der Waals surface area contributed by atoms with Crippen molar-refractivity contribution in [2.75, 3.05) is 19.8 Å². The summed E-state index contributed by atoms with van der Waals surface area (Å²) < 4.78 is 11.1. The van der Waals surface area contributed by atoms with Gasteiger partial charge in [0.25, 0.3) is 0 Å². The summed E-state index contributed by atoms with van der Waals surface area (Å²) in [6.45, 7) is 4.40. The first kappa shape index (κ1) is 18.6. The third kappa shape index (κ3) is 4.09. The lowest BCUT2D eigenvalue weighted by Crippen LogP contribution is -2.43. The highest BCUT2D eigenvalue weighted by Crippen LogP contribution is 2.35. The molecule has 1 unspecified atom stereocenters. The molecule has 0 aliphatic carbocycles. The van der Waals surface area contributed by atoms with Gasteiger partial charge >= 0.3 is 0 Å². The maximum Gasteiger partial charge on any atom is 0.243 e. The molecule has 0 amide bonds. The van der Waals surface area contributed by atoms with Gasteiger partial charge in [0.15, 0.2) is 0 Å². The van der Waals surface area contributed by atoms with E-state index >= 15 is 0 Å². The molecule has 5 nitrogen and oxygen atoms in total. The molecular formula is C20H22ClN3O2S. The van der Waals surface area contributed by atoms with Gasteiger partial charge in [0.05, 0.1) is 10.9 Å². The third-order valence-electron chi connectivity index (χ3n) is 5.21. The number of nitrogens with zero attached hydrogens (tertiary/aromatic N) is 2. The summed E-state index contributed by atoms with van der Waals surface area (Å²) in [5, 5.41) is 10.5. The van der Waals surface area contributed by atoms with Crippen molar-refractivity contribution < 1.29 is 9.26 Å². The molecule has 1 aromatic carbocycles. The number of halogens is 1. The Kier molecular flexibility index (Phi) is 5.59. The van der Waals surface area contributed by atoms with Gasteiger partial charge in [-0.3, -0.25) is 0 Å². The van der Waals surface area contributed by atoms with Crippen LogP contribution in [0, 0.1) is 0 Å². The van der Waals surface area contributed by atoms with E-state index in [4.69, 9.17) is 20.9 Å². The molecule has 1 saturated heterocycles. The predicted octanol–water partition coefficient (Wildman–Crippen LogP) is 4.85. The van der Waals surface area contributed by atoms with Crippen molar-refractivity contribution in [1.29, 1.82) is 0 Å². The lowest BCUT2D eigenvalue weighted by atomic mass is 9.74.